The number of benzene rings is 2. The van der Waals surface area contributed by atoms with Crippen LogP contribution in [0.1, 0.15) is 17.0 Å². The number of fused-ring (bicyclic) bond motifs is 1. The highest BCUT2D eigenvalue weighted by atomic mass is 35.5. The molecule has 0 spiro atoms. The van der Waals surface area contributed by atoms with E-state index < -0.39 is 0 Å². The molecule has 0 aliphatic rings. The Balaban J connectivity index is 2.40. The van der Waals surface area contributed by atoms with Crippen LogP contribution in [0.5, 0.6) is 0 Å². The molecule has 21 heavy (non-hydrogen) atoms. The summed E-state index contributed by atoms with van der Waals surface area (Å²) >= 11 is 5.93. The van der Waals surface area contributed by atoms with Gasteiger partial charge in [-0.2, -0.15) is 0 Å². The number of hydrogen-bond acceptors (Lipinski definition) is 1. The van der Waals surface area contributed by atoms with Gasteiger partial charge in [-0.05, 0) is 43.2 Å². The molecule has 0 fully saturated rings. The van der Waals surface area contributed by atoms with E-state index in [0.717, 1.165) is 5.56 Å². The summed E-state index contributed by atoms with van der Waals surface area (Å²) in [7, 11) is 0. The minimum atomic E-state index is -0.367. The van der Waals surface area contributed by atoms with Crippen molar-refractivity contribution < 1.29 is 8.78 Å². The highest BCUT2D eigenvalue weighted by molar-refractivity contribution is 6.17. The van der Waals surface area contributed by atoms with Crippen molar-refractivity contribution in [3.8, 4) is 5.69 Å². The van der Waals surface area contributed by atoms with E-state index >= 15 is 0 Å². The number of rotatable bonds is 2. The molecule has 0 atom stereocenters. The van der Waals surface area contributed by atoms with E-state index in [4.69, 9.17) is 11.6 Å². The summed E-state index contributed by atoms with van der Waals surface area (Å²) in [6, 6.07) is 7.85. The second-order valence-electron chi connectivity index (χ2n) is 5.04. The summed E-state index contributed by atoms with van der Waals surface area (Å²) in [6.07, 6.45) is 0. The van der Waals surface area contributed by atoms with Gasteiger partial charge in [-0.15, -0.1) is 11.6 Å². The van der Waals surface area contributed by atoms with E-state index in [1.807, 2.05) is 6.92 Å². The van der Waals surface area contributed by atoms with Crippen LogP contribution in [0.3, 0.4) is 0 Å². The van der Waals surface area contributed by atoms with Gasteiger partial charge in [-0.25, -0.2) is 13.8 Å². The van der Waals surface area contributed by atoms with E-state index in [1.54, 1.807) is 29.7 Å². The second-order valence-corrected chi connectivity index (χ2v) is 5.31. The Hall–Kier alpha value is -1.94. The number of alkyl halides is 1. The molecule has 0 bridgehead atoms. The van der Waals surface area contributed by atoms with Gasteiger partial charge in [0.1, 0.15) is 17.5 Å². The molecule has 0 aliphatic heterocycles. The van der Waals surface area contributed by atoms with E-state index in [1.165, 1.54) is 12.1 Å². The van der Waals surface area contributed by atoms with Gasteiger partial charge in [0.05, 0.1) is 22.6 Å². The molecule has 3 rings (SSSR count). The molecule has 2 aromatic carbocycles. The second kappa shape index (κ2) is 5.11. The SMILES string of the molecule is Cc1ccc(F)c(-n2c(CCl)nc3cc(F)c(C)cc32)c1. The number of hydrogen-bond donors (Lipinski definition) is 0. The first-order chi connectivity index (χ1) is 10.0. The first-order valence-corrected chi connectivity index (χ1v) is 7.04. The van der Waals surface area contributed by atoms with Crippen LogP contribution in [-0.2, 0) is 5.88 Å². The predicted molar refractivity (Wildman–Crippen MR) is 80.0 cm³/mol. The molecule has 1 heterocycles. The quantitative estimate of drug-likeness (QED) is 0.630. The lowest BCUT2D eigenvalue weighted by atomic mass is 10.2. The highest BCUT2D eigenvalue weighted by Gasteiger charge is 2.16. The molecular weight excluding hydrogens is 294 g/mol. The zero-order valence-electron chi connectivity index (χ0n) is 11.6. The van der Waals surface area contributed by atoms with Gasteiger partial charge in [0, 0.05) is 6.07 Å². The lowest BCUT2D eigenvalue weighted by Crippen LogP contribution is -2.02. The van der Waals surface area contributed by atoms with Crippen LogP contribution < -0.4 is 0 Å². The number of nitrogens with zero attached hydrogens (tertiary/aromatic N) is 2. The molecule has 2 nitrogen and oxygen atoms in total. The molecule has 5 heteroatoms. The molecule has 108 valence electrons. The molecule has 0 saturated heterocycles. The van der Waals surface area contributed by atoms with Gasteiger partial charge < -0.3 is 0 Å². The van der Waals surface area contributed by atoms with Crippen LogP contribution >= 0.6 is 11.6 Å². The molecule has 0 N–H and O–H groups in total. The van der Waals surface area contributed by atoms with Crippen molar-refractivity contribution >= 4 is 22.6 Å². The number of aromatic nitrogens is 2. The molecule has 3 aromatic rings. The van der Waals surface area contributed by atoms with Crippen LogP contribution in [0.2, 0.25) is 0 Å². The zero-order valence-corrected chi connectivity index (χ0v) is 12.4. The molecule has 0 amide bonds. The maximum Gasteiger partial charge on any atom is 0.147 e. The Morgan fingerprint density at radius 1 is 1.10 bits per heavy atom. The highest BCUT2D eigenvalue weighted by Crippen LogP contribution is 2.27. The Kier molecular flexibility index (Phi) is 3.41. The summed E-state index contributed by atoms with van der Waals surface area (Å²) in [6.45, 7) is 3.55. The Morgan fingerprint density at radius 2 is 1.86 bits per heavy atom. The largest absolute Gasteiger partial charge is 0.292 e. The van der Waals surface area contributed by atoms with E-state index in [0.29, 0.717) is 28.1 Å². The van der Waals surface area contributed by atoms with Gasteiger partial charge in [-0.3, -0.25) is 4.57 Å². The normalized spacial score (nSPS) is 11.3. The van der Waals surface area contributed by atoms with Crippen molar-refractivity contribution in [2.75, 3.05) is 0 Å². The standard InChI is InChI=1S/C16H13ClF2N2/c1-9-3-4-11(18)14(5-9)21-15-6-10(2)12(19)7-13(15)20-16(21)8-17/h3-7H,8H2,1-2H3. The first kappa shape index (κ1) is 14.0. The van der Waals surface area contributed by atoms with Crippen molar-refractivity contribution in [2.24, 2.45) is 0 Å². The Morgan fingerprint density at radius 3 is 2.57 bits per heavy atom. The lowest BCUT2D eigenvalue weighted by Gasteiger charge is -2.10. The minimum Gasteiger partial charge on any atom is -0.292 e. The summed E-state index contributed by atoms with van der Waals surface area (Å²) in [5, 5.41) is 0. The van der Waals surface area contributed by atoms with Crippen LogP contribution in [0.4, 0.5) is 8.78 Å². The summed E-state index contributed by atoms with van der Waals surface area (Å²) in [4.78, 5) is 4.30. The van der Waals surface area contributed by atoms with E-state index in [-0.39, 0.29) is 17.5 Å². The Bertz CT molecular complexity index is 840. The van der Waals surface area contributed by atoms with Crippen LogP contribution in [-0.4, -0.2) is 9.55 Å². The molecule has 0 unspecified atom stereocenters. The van der Waals surface area contributed by atoms with Gasteiger partial charge in [0.15, 0.2) is 0 Å². The summed E-state index contributed by atoms with van der Waals surface area (Å²) in [5.41, 5.74) is 2.90. The number of aryl methyl sites for hydroxylation is 2. The van der Waals surface area contributed by atoms with Crippen LogP contribution in [0.25, 0.3) is 16.7 Å². The molecule has 0 saturated carbocycles. The van der Waals surface area contributed by atoms with Crippen LogP contribution in [0, 0.1) is 25.5 Å². The van der Waals surface area contributed by atoms with Crippen molar-refractivity contribution in [3.05, 3.63) is 58.9 Å². The zero-order chi connectivity index (χ0) is 15.1. The maximum absolute atomic E-state index is 14.2. The third-order valence-corrected chi connectivity index (χ3v) is 3.71. The number of imidazole rings is 1. The monoisotopic (exact) mass is 306 g/mol. The summed E-state index contributed by atoms with van der Waals surface area (Å²) < 4.78 is 29.5. The van der Waals surface area contributed by atoms with Gasteiger partial charge in [0.25, 0.3) is 0 Å². The third kappa shape index (κ3) is 2.29. The average molecular weight is 307 g/mol. The molecule has 0 radical (unpaired) electrons. The summed E-state index contributed by atoms with van der Waals surface area (Å²) in [5.74, 6) is -0.102. The smallest absolute Gasteiger partial charge is 0.147 e. The molecule has 0 aliphatic carbocycles. The fraction of sp³-hybridized carbons (Fsp3) is 0.188. The lowest BCUT2D eigenvalue weighted by molar-refractivity contribution is 0.616. The van der Waals surface area contributed by atoms with E-state index in [9.17, 15) is 8.78 Å². The third-order valence-electron chi connectivity index (χ3n) is 3.47. The minimum absolute atomic E-state index is 0.114. The van der Waals surface area contributed by atoms with Crippen molar-refractivity contribution in [1.29, 1.82) is 0 Å². The van der Waals surface area contributed by atoms with Gasteiger partial charge >= 0.3 is 0 Å². The fourth-order valence-corrected chi connectivity index (χ4v) is 2.58. The first-order valence-electron chi connectivity index (χ1n) is 6.51. The van der Waals surface area contributed by atoms with E-state index in [2.05, 4.69) is 4.98 Å². The maximum atomic E-state index is 14.2. The van der Waals surface area contributed by atoms with Gasteiger partial charge in [0.2, 0.25) is 0 Å². The average Bonchev–Trinajstić information content (AvgIpc) is 2.79. The Labute approximate surface area is 126 Å². The fourth-order valence-electron chi connectivity index (χ4n) is 2.41. The van der Waals surface area contributed by atoms with Crippen LogP contribution in [0.15, 0.2) is 30.3 Å². The predicted octanol–water partition coefficient (Wildman–Crippen LogP) is 4.66. The van der Waals surface area contributed by atoms with Crippen molar-refractivity contribution in [1.82, 2.24) is 9.55 Å². The number of halogens is 3. The van der Waals surface area contributed by atoms with Crippen molar-refractivity contribution in [2.45, 2.75) is 19.7 Å². The molecular formula is C16H13ClF2N2. The van der Waals surface area contributed by atoms with Crippen molar-refractivity contribution in [3.63, 3.8) is 0 Å². The van der Waals surface area contributed by atoms with Gasteiger partial charge in [-0.1, -0.05) is 6.07 Å². The topological polar surface area (TPSA) is 17.8 Å². The molecule has 1 aromatic heterocycles.